The molecule has 11 heteroatoms. The zero-order chi connectivity index (χ0) is 22.9. The molecule has 0 atom stereocenters. The molecule has 1 heterocycles. The van der Waals surface area contributed by atoms with E-state index in [1.54, 1.807) is 6.92 Å². The van der Waals surface area contributed by atoms with Gasteiger partial charge in [0.15, 0.2) is 0 Å². The molecule has 0 saturated carbocycles. The number of nitrogens with zero attached hydrogens (tertiary/aromatic N) is 3. The third-order valence-corrected chi connectivity index (χ3v) is 3.55. The first-order chi connectivity index (χ1) is 14.0. The summed E-state index contributed by atoms with van der Waals surface area (Å²) < 4.78 is 61.0. The highest BCUT2D eigenvalue weighted by Gasteiger charge is 2.26. The normalized spacial score (nSPS) is 11.2. The van der Waals surface area contributed by atoms with E-state index in [-0.39, 0.29) is 28.9 Å². The number of nitriles is 1. The van der Waals surface area contributed by atoms with Crippen molar-refractivity contribution in [2.45, 2.75) is 19.5 Å². The summed E-state index contributed by atoms with van der Waals surface area (Å²) in [4.78, 5) is 14.3. The van der Waals surface area contributed by atoms with E-state index in [9.17, 15) is 26.7 Å². The Kier molecular flexibility index (Phi) is 8.88. The first kappa shape index (κ1) is 24.5. The average Bonchev–Trinajstić information content (AvgIpc) is 2.67. The van der Waals surface area contributed by atoms with Crippen molar-refractivity contribution in [3.63, 3.8) is 0 Å². The monoisotopic (exact) mass is 427 g/mol. The number of amides is 1. The van der Waals surface area contributed by atoms with Crippen LogP contribution in [-0.2, 0) is 0 Å². The Balaban J connectivity index is 0.000000467. The van der Waals surface area contributed by atoms with Crippen LogP contribution in [0.2, 0.25) is 0 Å². The molecule has 4 N–H and O–H groups in total. The van der Waals surface area contributed by atoms with Crippen LogP contribution >= 0.6 is 0 Å². The van der Waals surface area contributed by atoms with Crippen LogP contribution < -0.4 is 11.6 Å². The van der Waals surface area contributed by atoms with Crippen LogP contribution in [0.4, 0.5) is 22.0 Å². The van der Waals surface area contributed by atoms with Gasteiger partial charge >= 0.3 is 6.18 Å². The number of carbonyl (C=O) groups is 1. The van der Waals surface area contributed by atoms with Crippen molar-refractivity contribution in [2.75, 3.05) is 6.54 Å². The Morgan fingerprint density at radius 3 is 2.23 bits per heavy atom. The number of benzene rings is 1. The summed E-state index contributed by atoms with van der Waals surface area (Å²) in [6.07, 6.45) is -2.77. The number of aromatic nitrogens is 1. The number of hydrogen-bond donors (Lipinski definition) is 2. The topological polar surface area (TPSA) is 109 Å². The van der Waals surface area contributed by atoms with Crippen molar-refractivity contribution in [1.29, 1.82) is 5.26 Å². The van der Waals surface area contributed by atoms with Crippen molar-refractivity contribution in [3.8, 4) is 6.07 Å². The number of halogens is 5. The first-order valence-electron chi connectivity index (χ1n) is 8.38. The maximum atomic E-state index is 12.4. The summed E-state index contributed by atoms with van der Waals surface area (Å²) in [7, 11) is 0. The zero-order valence-corrected chi connectivity index (χ0v) is 15.8. The van der Waals surface area contributed by atoms with Crippen molar-refractivity contribution in [3.05, 3.63) is 71.1 Å². The standard InChI is InChI=1S/C14H15F3N4O.C5H3F2N/c1-2-21(20)12(5-6-14(15,16)17)11-4-3-9(13(19)22)7-10(11)8-18;6-4-1-5(7)3-8-2-4/h3-5,7H,2,6,20H2,1H3,(H2,19,22);1-3H/b12-5-;. The van der Waals surface area contributed by atoms with Gasteiger partial charge in [-0.2, -0.15) is 18.4 Å². The Labute approximate surface area is 169 Å². The second-order valence-corrected chi connectivity index (χ2v) is 5.75. The van der Waals surface area contributed by atoms with Gasteiger partial charge in [0.25, 0.3) is 0 Å². The highest BCUT2D eigenvalue weighted by atomic mass is 19.4. The van der Waals surface area contributed by atoms with Crippen molar-refractivity contribution >= 4 is 11.6 Å². The molecule has 2 rings (SSSR count). The van der Waals surface area contributed by atoms with E-state index in [4.69, 9.17) is 16.8 Å². The minimum atomic E-state index is -4.39. The number of alkyl halides is 3. The number of primary amides is 1. The molecule has 0 bridgehead atoms. The second-order valence-electron chi connectivity index (χ2n) is 5.75. The predicted molar refractivity (Wildman–Crippen MR) is 99.0 cm³/mol. The molecule has 0 spiro atoms. The Morgan fingerprint density at radius 1 is 1.23 bits per heavy atom. The maximum Gasteiger partial charge on any atom is 0.392 e. The lowest BCUT2D eigenvalue weighted by atomic mass is 10.0. The van der Waals surface area contributed by atoms with E-state index in [2.05, 4.69) is 4.98 Å². The largest absolute Gasteiger partial charge is 0.392 e. The molecule has 0 aliphatic rings. The number of hydrazine groups is 1. The maximum absolute atomic E-state index is 12.4. The molecular weight excluding hydrogens is 409 g/mol. The van der Waals surface area contributed by atoms with Crippen molar-refractivity contribution < 1.29 is 26.7 Å². The highest BCUT2D eigenvalue weighted by molar-refractivity contribution is 5.93. The first-order valence-corrected chi connectivity index (χ1v) is 8.38. The third-order valence-electron chi connectivity index (χ3n) is 3.55. The van der Waals surface area contributed by atoms with E-state index in [1.807, 2.05) is 6.07 Å². The fourth-order valence-electron chi connectivity index (χ4n) is 2.16. The summed E-state index contributed by atoms with van der Waals surface area (Å²) in [5.41, 5.74) is 5.51. The van der Waals surface area contributed by atoms with Crippen LogP contribution in [0.25, 0.3) is 5.70 Å². The van der Waals surface area contributed by atoms with Crippen LogP contribution in [0.3, 0.4) is 0 Å². The Bertz CT molecular complexity index is 936. The Morgan fingerprint density at radius 2 is 1.83 bits per heavy atom. The minimum Gasteiger partial charge on any atom is -0.366 e. The average molecular weight is 427 g/mol. The SMILES string of the molecule is CCN(N)/C(=C\CC(F)(F)F)c1ccc(C(N)=O)cc1C#N.Fc1cncc(F)c1. The molecule has 1 aromatic heterocycles. The summed E-state index contributed by atoms with van der Waals surface area (Å²) in [6.45, 7) is 1.90. The van der Waals surface area contributed by atoms with Gasteiger partial charge in [-0.25, -0.2) is 14.6 Å². The highest BCUT2D eigenvalue weighted by Crippen LogP contribution is 2.27. The van der Waals surface area contributed by atoms with Crippen molar-refractivity contribution in [1.82, 2.24) is 9.99 Å². The molecule has 30 heavy (non-hydrogen) atoms. The van der Waals surface area contributed by atoms with Crippen LogP contribution in [0.15, 0.2) is 42.7 Å². The van der Waals surface area contributed by atoms with E-state index in [1.165, 1.54) is 18.2 Å². The van der Waals surface area contributed by atoms with Gasteiger partial charge in [-0.05, 0) is 19.1 Å². The molecule has 1 amide bonds. The quantitative estimate of drug-likeness (QED) is 0.431. The van der Waals surface area contributed by atoms with Gasteiger partial charge in [-0.15, -0.1) is 0 Å². The fraction of sp³-hybridized carbons (Fsp3) is 0.211. The lowest BCUT2D eigenvalue weighted by Gasteiger charge is -2.22. The third kappa shape index (κ3) is 7.84. The number of rotatable bonds is 5. The van der Waals surface area contributed by atoms with Gasteiger partial charge in [0, 0.05) is 23.7 Å². The molecule has 0 aliphatic carbocycles. The summed E-state index contributed by atoms with van der Waals surface area (Å²) >= 11 is 0. The summed E-state index contributed by atoms with van der Waals surface area (Å²) in [6, 6.07) is 6.53. The molecule has 2 aromatic rings. The smallest absolute Gasteiger partial charge is 0.366 e. The molecule has 1 aromatic carbocycles. The fourth-order valence-corrected chi connectivity index (χ4v) is 2.16. The molecule has 0 aliphatic heterocycles. The molecule has 0 saturated heterocycles. The van der Waals surface area contributed by atoms with Gasteiger partial charge in [0.1, 0.15) is 11.6 Å². The predicted octanol–water partition coefficient (Wildman–Crippen LogP) is 3.51. The lowest BCUT2D eigenvalue weighted by molar-refractivity contribution is -0.125. The minimum absolute atomic E-state index is 0.0219. The van der Waals surface area contributed by atoms with Gasteiger partial charge in [-0.1, -0.05) is 12.1 Å². The van der Waals surface area contributed by atoms with E-state index >= 15 is 0 Å². The summed E-state index contributed by atoms with van der Waals surface area (Å²) in [5, 5.41) is 10.2. The number of allylic oxidation sites excluding steroid dienone is 1. The zero-order valence-electron chi connectivity index (χ0n) is 15.8. The van der Waals surface area contributed by atoms with Gasteiger partial charge in [0.2, 0.25) is 5.91 Å². The van der Waals surface area contributed by atoms with Gasteiger partial charge in [0.05, 0.1) is 36.1 Å². The van der Waals surface area contributed by atoms with Gasteiger partial charge < -0.3 is 10.7 Å². The second kappa shape index (κ2) is 10.9. The van der Waals surface area contributed by atoms with Crippen LogP contribution in [0.1, 0.15) is 34.8 Å². The van der Waals surface area contributed by atoms with Crippen molar-refractivity contribution in [2.24, 2.45) is 11.6 Å². The summed E-state index contributed by atoms with van der Waals surface area (Å²) in [5.74, 6) is 3.67. The van der Waals surface area contributed by atoms with E-state index in [0.29, 0.717) is 0 Å². The molecule has 6 nitrogen and oxygen atoms in total. The van der Waals surface area contributed by atoms with Crippen LogP contribution in [0.5, 0.6) is 0 Å². The molecule has 0 radical (unpaired) electrons. The van der Waals surface area contributed by atoms with Gasteiger partial charge in [-0.3, -0.25) is 9.78 Å². The van der Waals surface area contributed by atoms with Crippen LogP contribution in [-0.4, -0.2) is 28.6 Å². The van der Waals surface area contributed by atoms with Crippen LogP contribution in [0, 0.1) is 23.0 Å². The number of carbonyl (C=O) groups excluding carboxylic acids is 1. The number of pyridine rings is 1. The number of nitrogens with two attached hydrogens (primary N) is 2. The molecule has 0 fully saturated rings. The Hall–Kier alpha value is -3.52. The molecule has 160 valence electrons. The molecular formula is C19H18F5N5O. The number of hydrogen-bond acceptors (Lipinski definition) is 5. The molecule has 0 unspecified atom stereocenters. The van der Waals surface area contributed by atoms with E-state index < -0.39 is 30.1 Å². The lowest BCUT2D eigenvalue weighted by Crippen LogP contribution is -2.29. The van der Waals surface area contributed by atoms with E-state index in [0.717, 1.165) is 29.5 Å².